The van der Waals surface area contributed by atoms with Crippen LogP contribution < -0.4 is 9.64 Å². The zero-order valence-electron chi connectivity index (χ0n) is 9.80. The Labute approximate surface area is 100.0 Å². The van der Waals surface area contributed by atoms with E-state index in [4.69, 9.17) is 4.74 Å². The fourth-order valence-electron chi connectivity index (χ4n) is 2.48. The number of rotatable bonds is 1. The molecule has 3 heterocycles. The number of ether oxygens (including phenoxy) is 1. The van der Waals surface area contributed by atoms with Gasteiger partial charge in [-0.05, 0) is 19.2 Å². The fraction of sp³-hybridized carbons (Fsp3) is 0.500. The highest BCUT2D eigenvalue weighted by Gasteiger charge is 2.32. The summed E-state index contributed by atoms with van der Waals surface area (Å²) in [5.74, 6) is 0.593. The molecule has 0 aromatic carbocycles. The summed E-state index contributed by atoms with van der Waals surface area (Å²) in [5.41, 5.74) is 1.44. The largest absolute Gasteiger partial charge is 0.474 e. The summed E-state index contributed by atoms with van der Waals surface area (Å²) >= 11 is 0. The maximum Gasteiger partial charge on any atom is 0.238 e. The molecule has 17 heavy (non-hydrogen) atoms. The van der Waals surface area contributed by atoms with Crippen LogP contribution in [0.5, 0.6) is 5.88 Å². The number of fused-ring (bicyclic) bond motifs is 3. The number of pyridine rings is 1. The number of aromatic nitrogens is 1. The number of carbonyl (C=O) groups excluding carboxylic acids is 1. The van der Waals surface area contributed by atoms with Crippen molar-refractivity contribution in [3.63, 3.8) is 0 Å². The molecule has 0 saturated carbocycles. The van der Waals surface area contributed by atoms with E-state index in [-0.39, 0.29) is 0 Å². The van der Waals surface area contributed by atoms with Crippen molar-refractivity contribution < 1.29 is 9.53 Å². The van der Waals surface area contributed by atoms with Crippen molar-refractivity contribution in [3.8, 4) is 5.88 Å². The molecule has 1 unspecified atom stereocenters. The highest BCUT2D eigenvalue weighted by atomic mass is 16.5. The second-order valence-corrected chi connectivity index (χ2v) is 4.60. The summed E-state index contributed by atoms with van der Waals surface area (Å²) in [6, 6.07) is 4.07. The van der Waals surface area contributed by atoms with Crippen LogP contribution in [0.1, 0.15) is 10.5 Å². The summed E-state index contributed by atoms with van der Waals surface area (Å²) in [7, 11) is 2.13. The smallest absolute Gasteiger partial charge is 0.238 e. The first-order chi connectivity index (χ1) is 8.28. The Morgan fingerprint density at radius 2 is 2.35 bits per heavy atom. The molecule has 3 rings (SSSR count). The van der Waals surface area contributed by atoms with Gasteiger partial charge in [0, 0.05) is 19.6 Å². The molecule has 0 N–H and O–H groups in total. The van der Waals surface area contributed by atoms with Crippen LogP contribution in [-0.2, 0) is 0 Å². The SMILES string of the molecule is CN1CCN2c3ccc(C=O)nc3OCC2C1. The summed E-state index contributed by atoms with van der Waals surface area (Å²) < 4.78 is 5.65. The van der Waals surface area contributed by atoms with E-state index in [1.54, 1.807) is 6.07 Å². The zero-order valence-corrected chi connectivity index (χ0v) is 9.80. The van der Waals surface area contributed by atoms with Gasteiger partial charge in [0.2, 0.25) is 5.88 Å². The predicted molar refractivity (Wildman–Crippen MR) is 63.8 cm³/mol. The van der Waals surface area contributed by atoms with E-state index in [0.717, 1.165) is 31.6 Å². The molecule has 1 aromatic rings. The van der Waals surface area contributed by atoms with E-state index in [2.05, 4.69) is 21.8 Å². The van der Waals surface area contributed by atoms with Gasteiger partial charge in [0.1, 0.15) is 18.0 Å². The molecule has 5 nitrogen and oxygen atoms in total. The Kier molecular flexibility index (Phi) is 2.48. The van der Waals surface area contributed by atoms with Gasteiger partial charge in [0.05, 0.1) is 6.04 Å². The van der Waals surface area contributed by atoms with E-state index in [0.29, 0.717) is 24.2 Å². The average Bonchev–Trinajstić information content (AvgIpc) is 2.37. The van der Waals surface area contributed by atoms with Crippen LogP contribution in [0.3, 0.4) is 0 Å². The third kappa shape index (κ3) is 1.76. The minimum Gasteiger partial charge on any atom is -0.474 e. The number of carbonyl (C=O) groups is 1. The van der Waals surface area contributed by atoms with E-state index in [1.807, 2.05) is 6.07 Å². The topological polar surface area (TPSA) is 45.7 Å². The molecule has 2 aliphatic heterocycles. The van der Waals surface area contributed by atoms with Crippen LogP contribution >= 0.6 is 0 Å². The third-order valence-corrected chi connectivity index (χ3v) is 3.39. The molecule has 90 valence electrons. The molecular weight excluding hydrogens is 218 g/mol. The van der Waals surface area contributed by atoms with Crippen LogP contribution in [0.25, 0.3) is 0 Å². The molecule has 0 radical (unpaired) electrons. The zero-order chi connectivity index (χ0) is 11.8. The second kappa shape index (κ2) is 4.00. The van der Waals surface area contributed by atoms with Gasteiger partial charge in [0.25, 0.3) is 0 Å². The minimum atomic E-state index is 0.394. The Hall–Kier alpha value is -1.62. The monoisotopic (exact) mass is 233 g/mol. The lowest BCUT2D eigenvalue weighted by Crippen LogP contribution is -2.56. The maximum atomic E-state index is 10.7. The molecule has 2 aliphatic rings. The van der Waals surface area contributed by atoms with Crippen molar-refractivity contribution in [2.24, 2.45) is 0 Å². The van der Waals surface area contributed by atoms with Crippen LogP contribution in [0.4, 0.5) is 5.69 Å². The Morgan fingerprint density at radius 3 is 3.18 bits per heavy atom. The van der Waals surface area contributed by atoms with Gasteiger partial charge in [-0.3, -0.25) is 4.79 Å². The molecule has 1 aromatic heterocycles. The van der Waals surface area contributed by atoms with Crippen molar-refractivity contribution in [1.29, 1.82) is 0 Å². The Morgan fingerprint density at radius 1 is 1.47 bits per heavy atom. The third-order valence-electron chi connectivity index (χ3n) is 3.39. The molecule has 5 heteroatoms. The lowest BCUT2D eigenvalue weighted by molar-refractivity contribution is 0.111. The molecule has 0 aliphatic carbocycles. The van der Waals surface area contributed by atoms with E-state index < -0.39 is 0 Å². The van der Waals surface area contributed by atoms with E-state index >= 15 is 0 Å². The normalized spacial score (nSPS) is 23.6. The Balaban J connectivity index is 1.94. The number of nitrogens with zero attached hydrogens (tertiary/aromatic N) is 3. The van der Waals surface area contributed by atoms with Gasteiger partial charge in [-0.25, -0.2) is 4.98 Å². The Bertz CT molecular complexity index is 449. The minimum absolute atomic E-state index is 0.394. The van der Waals surface area contributed by atoms with Crippen molar-refractivity contribution in [1.82, 2.24) is 9.88 Å². The molecule has 1 saturated heterocycles. The van der Waals surface area contributed by atoms with Gasteiger partial charge >= 0.3 is 0 Å². The van der Waals surface area contributed by atoms with Crippen LogP contribution in [0, 0.1) is 0 Å². The maximum absolute atomic E-state index is 10.7. The number of hydrogen-bond acceptors (Lipinski definition) is 5. The number of aldehydes is 1. The summed E-state index contributed by atoms with van der Waals surface area (Å²) in [6.07, 6.45) is 0.750. The number of piperazine rings is 1. The van der Waals surface area contributed by atoms with Crippen molar-refractivity contribution in [3.05, 3.63) is 17.8 Å². The van der Waals surface area contributed by atoms with Gasteiger partial charge in [-0.15, -0.1) is 0 Å². The number of hydrogen-bond donors (Lipinski definition) is 0. The van der Waals surface area contributed by atoms with Crippen LogP contribution in [-0.4, -0.2) is 55.5 Å². The lowest BCUT2D eigenvalue weighted by Gasteiger charge is -2.44. The van der Waals surface area contributed by atoms with Gasteiger partial charge < -0.3 is 14.5 Å². The van der Waals surface area contributed by atoms with Crippen molar-refractivity contribution >= 4 is 12.0 Å². The molecule has 1 fully saturated rings. The van der Waals surface area contributed by atoms with E-state index in [9.17, 15) is 4.79 Å². The molecule has 0 bridgehead atoms. The van der Waals surface area contributed by atoms with Gasteiger partial charge in [0.15, 0.2) is 6.29 Å². The fourth-order valence-corrected chi connectivity index (χ4v) is 2.48. The van der Waals surface area contributed by atoms with Crippen molar-refractivity contribution in [2.75, 3.05) is 38.2 Å². The molecule has 1 atom stereocenters. The average molecular weight is 233 g/mol. The highest BCUT2D eigenvalue weighted by molar-refractivity contribution is 5.74. The number of anilines is 1. The lowest BCUT2D eigenvalue weighted by atomic mass is 10.1. The first-order valence-electron chi connectivity index (χ1n) is 5.82. The summed E-state index contributed by atoms with van der Waals surface area (Å²) in [6.45, 7) is 3.69. The second-order valence-electron chi connectivity index (χ2n) is 4.60. The van der Waals surface area contributed by atoms with Gasteiger partial charge in [-0.1, -0.05) is 0 Å². The van der Waals surface area contributed by atoms with Crippen molar-refractivity contribution in [2.45, 2.75) is 6.04 Å². The van der Waals surface area contributed by atoms with E-state index in [1.165, 1.54) is 0 Å². The summed E-state index contributed by atoms with van der Waals surface area (Å²) in [5, 5.41) is 0. The standard InChI is InChI=1S/C12H15N3O2/c1-14-4-5-15-10(6-14)8-17-12-11(15)3-2-9(7-16)13-12/h2-3,7,10H,4-6,8H2,1H3. The molecule has 0 amide bonds. The summed E-state index contributed by atoms with van der Waals surface area (Å²) in [4.78, 5) is 19.5. The molecule has 0 spiro atoms. The first-order valence-corrected chi connectivity index (χ1v) is 5.82. The number of likely N-dealkylation sites (N-methyl/N-ethyl adjacent to an activating group) is 1. The predicted octanol–water partition coefficient (Wildman–Crippen LogP) is 0.407. The van der Waals surface area contributed by atoms with Crippen LogP contribution in [0.2, 0.25) is 0 Å². The van der Waals surface area contributed by atoms with Gasteiger partial charge in [-0.2, -0.15) is 0 Å². The molecular formula is C12H15N3O2. The highest BCUT2D eigenvalue weighted by Crippen LogP contribution is 2.33. The first kappa shape index (κ1) is 10.5. The quantitative estimate of drug-likeness (QED) is 0.657. The van der Waals surface area contributed by atoms with Crippen LogP contribution in [0.15, 0.2) is 12.1 Å².